The Labute approximate surface area is 89.6 Å². The Bertz CT molecular complexity index is 199. The summed E-state index contributed by atoms with van der Waals surface area (Å²) in [6, 6.07) is 0.632. The molecule has 4 heteroatoms. The van der Waals surface area contributed by atoms with Crippen LogP contribution in [0.5, 0.6) is 0 Å². The van der Waals surface area contributed by atoms with E-state index in [1.54, 1.807) is 0 Å². The van der Waals surface area contributed by atoms with Crippen LogP contribution in [0.3, 0.4) is 0 Å². The van der Waals surface area contributed by atoms with Crippen molar-refractivity contribution < 1.29 is 9.90 Å². The summed E-state index contributed by atoms with van der Waals surface area (Å²) in [6.07, 6.45) is 1.85. The third-order valence-electron chi connectivity index (χ3n) is 2.66. The van der Waals surface area contributed by atoms with Gasteiger partial charge in [0.25, 0.3) is 0 Å². The van der Waals surface area contributed by atoms with E-state index in [1.807, 2.05) is 11.8 Å². The second kappa shape index (κ2) is 5.61. The van der Waals surface area contributed by atoms with Gasteiger partial charge in [-0.25, -0.2) is 0 Å². The van der Waals surface area contributed by atoms with Gasteiger partial charge in [0.05, 0.1) is 5.92 Å². The SMILES string of the molecule is CCSCC(C)NC1CCC1C(=O)O. The molecule has 0 aliphatic heterocycles. The van der Waals surface area contributed by atoms with Crippen LogP contribution in [0.4, 0.5) is 0 Å². The Morgan fingerprint density at radius 2 is 2.36 bits per heavy atom. The first-order valence-electron chi connectivity index (χ1n) is 5.21. The minimum Gasteiger partial charge on any atom is -0.481 e. The molecule has 2 N–H and O–H groups in total. The highest BCUT2D eigenvalue weighted by Gasteiger charge is 2.36. The molecule has 3 atom stereocenters. The van der Waals surface area contributed by atoms with Crippen LogP contribution in [-0.2, 0) is 4.79 Å². The molecule has 3 unspecified atom stereocenters. The van der Waals surface area contributed by atoms with Crippen LogP contribution in [-0.4, -0.2) is 34.7 Å². The predicted octanol–water partition coefficient (Wildman–Crippen LogP) is 1.58. The van der Waals surface area contributed by atoms with E-state index in [1.165, 1.54) is 0 Å². The number of hydrogen-bond acceptors (Lipinski definition) is 3. The van der Waals surface area contributed by atoms with E-state index < -0.39 is 5.97 Å². The maximum Gasteiger partial charge on any atom is 0.308 e. The predicted molar refractivity (Wildman–Crippen MR) is 59.7 cm³/mol. The van der Waals surface area contributed by atoms with Crippen molar-refractivity contribution in [2.45, 2.75) is 38.8 Å². The highest BCUT2D eigenvalue weighted by atomic mass is 32.2. The molecule has 1 fully saturated rings. The van der Waals surface area contributed by atoms with Crippen molar-refractivity contribution in [3.63, 3.8) is 0 Å². The Morgan fingerprint density at radius 1 is 1.64 bits per heavy atom. The highest BCUT2D eigenvalue weighted by molar-refractivity contribution is 7.99. The Balaban J connectivity index is 2.20. The first-order chi connectivity index (χ1) is 6.65. The lowest BCUT2D eigenvalue weighted by molar-refractivity contribution is -0.146. The molecule has 0 radical (unpaired) electrons. The molecule has 0 aromatic heterocycles. The van der Waals surface area contributed by atoms with E-state index in [-0.39, 0.29) is 12.0 Å². The Kier molecular flexibility index (Phi) is 4.75. The number of aliphatic carboxylic acids is 1. The van der Waals surface area contributed by atoms with Crippen LogP contribution in [0.1, 0.15) is 26.7 Å². The molecule has 14 heavy (non-hydrogen) atoms. The molecule has 0 amide bonds. The number of carboxylic acids is 1. The number of rotatable bonds is 6. The number of carboxylic acid groups (broad SMARTS) is 1. The van der Waals surface area contributed by atoms with E-state index in [9.17, 15) is 4.79 Å². The average Bonchev–Trinajstić information content (AvgIpc) is 2.08. The number of hydrogen-bond donors (Lipinski definition) is 2. The zero-order chi connectivity index (χ0) is 10.6. The molecule has 0 aromatic carbocycles. The van der Waals surface area contributed by atoms with E-state index in [4.69, 9.17) is 5.11 Å². The summed E-state index contributed by atoms with van der Waals surface area (Å²) in [5.41, 5.74) is 0. The number of nitrogens with one attached hydrogen (secondary N) is 1. The van der Waals surface area contributed by atoms with Crippen molar-refractivity contribution in [3.05, 3.63) is 0 Å². The first kappa shape index (κ1) is 11.9. The van der Waals surface area contributed by atoms with Crippen molar-refractivity contribution in [1.82, 2.24) is 5.32 Å². The molecule has 3 nitrogen and oxygen atoms in total. The van der Waals surface area contributed by atoms with Gasteiger partial charge in [-0.2, -0.15) is 11.8 Å². The summed E-state index contributed by atoms with van der Waals surface area (Å²) in [5.74, 6) is 1.39. The molecule has 0 aromatic rings. The number of thioether (sulfide) groups is 1. The second-order valence-electron chi connectivity index (χ2n) is 3.86. The lowest BCUT2D eigenvalue weighted by Gasteiger charge is -2.36. The summed E-state index contributed by atoms with van der Waals surface area (Å²) >= 11 is 1.89. The number of carbonyl (C=O) groups is 1. The van der Waals surface area contributed by atoms with E-state index in [0.717, 1.165) is 24.3 Å². The molecule has 1 rings (SSSR count). The fourth-order valence-corrected chi connectivity index (χ4v) is 2.39. The average molecular weight is 217 g/mol. The van der Waals surface area contributed by atoms with E-state index in [2.05, 4.69) is 19.2 Å². The zero-order valence-corrected chi connectivity index (χ0v) is 9.64. The Morgan fingerprint density at radius 3 is 2.79 bits per heavy atom. The van der Waals surface area contributed by atoms with E-state index in [0.29, 0.717) is 6.04 Å². The molecular weight excluding hydrogens is 198 g/mol. The quantitative estimate of drug-likeness (QED) is 0.709. The van der Waals surface area contributed by atoms with Gasteiger partial charge in [0.15, 0.2) is 0 Å². The fourth-order valence-electron chi connectivity index (χ4n) is 1.70. The third-order valence-corrected chi connectivity index (χ3v) is 3.81. The Hall–Kier alpha value is -0.220. The molecule has 82 valence electrons. The summed E-state index contributed by atoms with van der Waals surface area (Å²) < 4.78 is 0. The lowest BCUT2D eigenvalue weighted by atomic mass is 9.79. The zero-order valence-electron chi connectivity index (χ0n) is 8.82. The maximum absolute atomic E-state index is 10.7. The van der Waals surface area contributed by atoms with Gasteiger partial charge in [-0.3, -0.25) is 4.79 Å². The lowest BCUT2D eigenvalue weighted by Crippen LogP contribution is -2.51. The molecule has 0 heterocycles. The molecule has 1 aliphatic rings. The molecular formula is C10H19NO2S. The maximum atomic E-state index is 10.7. The largest absolute Gasteiger partial charge is 0.481 e. The highest BCUT2D eigenvalue weighted by Crippen LogP contribution is 2.28. The molecule has 0 spiro atoms. The van der Waals surface area contributed by atoms with Gasteiger partial charge in [0.2, 0.25) is 0 Å². The monoisotopic (exact) mass is 217 g/mol. The first-order valence-corrected chi connectivity index (χ1v) is 6.37. The summed E-state index contributed by atoms with van der Waals surface area (Å²) in [5, 5.41) is 12.2. The van der Waals surface area contributed by atoms with Gasteiger partial charge in [0, 0.05) is 17.8 Å². The smallest absolute Gasteiger partial charge is 0.308 e. The molecule has 1 saturated carbocycles. The van der Waals surface area contributed by atoms with Crippen molar-refractivity contribution in [2.24, 2.45) is 5.92 Å². The van der Waals surface area contributed by atoms with Gasteiger partial charge < -0.3 is 10.4 Å². The fraction of sp³-hybridized carbons (Fsp3) is 0.900. The molecule has 0 saturated heterocycles. The normalized spacial score (nSPS) is 28.1. The minimum atomic E-state index is -0.649. The van der Waals surface area contributed by atoms with Crippen molar-refractivity contribution in [3.8, 4) is 0 Å². The van der Waals surface area contributed by atoms with Crippen LogP contribution in [0.15, 0.2) is 0 Å². The van der Waals surface area contributed by atoms with Crippen LogP contribution < -0.4 is 5.32 Å². The molecule has 0 bridgehead atoms. The van der Waals surface area contributed by atoms with Crippen LogP contribution in [0, 0.1) is 5.92 Å². The van der Waals surface area contributed by atoms with Crippen molar-refractivity contribution in [1.29, 1.82) is 0 Å². The summed E-state index contributed by atoms with van der Waals surface area (Å²) in [6.45, 7) is 4.26. The van der Waals surface area contributed by atoms with Gasteiger partial charge in [-0.15, -0.1) is 0 Å². The van der Waals surface area contributed by atoms with Gasteiger partial charge in [-0.05, 0) is 25.5 Å². The third kappa shape index (κ3) is 3.17. The second-order valence-corrected chi connectivity index (χ2v) is 5.17. The molecule has 1 aliphatic carbocycles. The van der Waals surface area contributed by atoms with Gasteiger partial charge in [0.1, 0.15) is 0 Å². The van der Waals surface area contributed by atoms with Crippen LogP contribution >= 0.6 is 11.8 Å². The van der Waals surface area contributed by atoms with Crippen LogP contribution in [0.25, 0.3) is 0 Å². The van der Waals surface area contributed by atoms with E-state index >= 15 is 0 Å². The minimum absolute atomic E-state index is 0.149. The van der Waals surface area contributed by atoms with Crippen molar-refractivity contribution >= 4 is 17.7 Å². The standard InChI is InChI=1S/C10H19NO2S/c1-3-14-6-7(2)11-9-5-4-8(9)10(12)13/h7-9,11H,3-6H2,1-2H3,(H,12,13). The topological polar surface area (TPSA) is 49.3 Å². The van der Waals surface area contributed by atoms with Crippen LogP contribution in [0.2, 0.25) is 0 Å². The summed E-state index contributed by atoms with van der Waals surface area (Å²) in [7, 11) is 0. The van der Waals surface area contributed by atoms with Crippen molar-refractivity contribution in [2.75, 3.05) is 11.5 Å². The van der Waals surface area contributed by atoms with Gasteiger partial charge >= 0.3 is 5.97 Å². The van der Waals surface area contributed by atoms with Gasteiger partial charge in [-0.1, -0.05) is 6.92 Å². The summed E-state index contributed by atoms with van der Waals surface area (Å²) in [4.78, 5) is 10.7.